The normalized spacial score (nSPS) is 17.8. The van der Waals surface area contributed by atoms with Crippen molar-refractivity contribution in [3.05, 3.63) is 53.9 Å². The monoisotopic (exact) mass is 382 g/mol. The molecule has 4 rings (SSSR count). The molecule has 2 aliphatic heterocycles. The lowest BCUT2D eigenvalue weighted by atomic mass is 10.1. The number of fused-ring (bicyclic) bond motifs is 1. The fourth-order valence-electron chi connectivity index (χ4n) is 3.55. The number of carbonyl (C=O) groups is 1. The second kappa shape index (κ2) is 8.48. The SMILES string of the molecule is CC(NC(=O)N1CCN(Cc2cccnc2)CC1)c1ccc2c(c1)OCCO2. The van der Waals surface area contributed by atoms with Crippen LogP contribution in [0.4, 0.5) is 4.79 Å². The number of urea groups is 1. The number of ether oxygens (including phenoxy) is 2. The minimum absolute atomic E-state index is 0.0246. The number of amides is 2. The van der Waals surface area contributed by atoms with Crippen LogP contribution in [0.2, 0.25) is 0 Å². The molecular formula is C21H26N4O3. The summed E-state index contributed by atoms with van der Waals surface area (Å²) >= 11 is 0. The number of nitrogens with zero attached hydrogens (tertiary/aromatic N) is 3. The predicted octanol–water partition coefficient (Wildman–Crippen LogP) is 2.44. The number of carbonyl (C=O) groups excluding carboxylic acids is 1. The Labute approximate surface area is 165 Å². The molecule has 1 fully saturated rings. The summed E-state index contributed by atoms with van der Waals surface area (Å²) in [5.41, 5.74) is 2.21. The number of nitrogens with one attached hydrogen (secondary N) is 1. The Balaban J connectivity index is 1.28. The highest BCUT2D eigenvalue weighted by atomic mass is 16.6. The third-order valence-electron chi connectivity index (χ3n) is 5.19. The molecule has 1 N–H and O–H groups in total. The van der Waals surface area contributed by atoms with Crippen molar-refractivity contribution in [3.63, 3.8) is 0 Å². The average molecular weight is 382 g/mol. The van der Waals surface area contributed by atoms with E-state index in [2.05, 4.69) is 21.3 Å². The standard InChI is InChI=1S/C21H26N4O3/c1-16(18-4-5-19-20(13-18)28-12-11-27-19)23-21(26)25-9-7-24(8-10-25)15-17-3-2-6-22-14-17/h2-6,13-14,16H,7-12,15H2,1H3,(H,23,26). The predicted molar refractivity (Wildman–Crippen MR) is 105 cm³/mol. The van der Waals surface area contributed by atoms with Crippen molar-refractivity contribution in [2.45, 2.75) is 19.5 Å². The molecule has 1 aromatic carbocycles. The Bertz CT molecular complexity index is 807. The minimum Gasteiger partial charge on any atom is -0.486 e. The Kier molecular flexibility index (Phi) is 5.62. The fraction of sp³-hybridized carbons (Fsp3) is 0.429. The zero-order chi connectivity index (χ0) is 19.3. The second-order valence-corrected chi connectivity index (χ2v) is 7.20. The number of rotatable bonds is 4. The van der Waals surface area contributed by atoms with Crippen LogP contribution < -0.4 is 14.8 Å². The zero-order valence-corrected chi connectivity index (χ0v) is 16.1. The number of hydrogen-bond donors (Lipinski definition) is 1. The van der Waals surface area contributed by atoms with Crippen LogP contribution in [-0.4, -0.2) is 60.2 Å². The van der Waals surface area contributed by atoms with Crippen LogP contribution in [0.3, 0.4) is 0 Å². The smallest absolute Gasteiger partial charge is 0.317 e. The molecular weight excluding hydrogens is 356 g/mol. The molecule has 0 spiro atoms. The molecule has 0 bridgehead atoms. The average Bonchev–Trinajstić information content (AvgIpc) is 2.74. The van der Waals surface area contributed by atoms with Crippen LogP contribution in [0.15, 0.2) is 42.7 Å². The molecule has 1 unspecified atom stereocenters. The number of aromatic nitrogens is 1. The molecule has 1 aromatic heterocycles. The molecule has 1 atom stereocenters. The Morgan fingerprint density at radius 3 is 2.68 bits per heavy atom. The molecule has 0 saturated carbocycles. The first-order valence-electron chi connectivity index (χ1n) is 9.75. The second-order valence-electron chi connectivity index (χ2n) is 7.20. The van der Waals surface area contributed by atoms with Crippen LogP contribution in [0.1, 0.15) is 24.1 Å². The van der Waals surface area contributed by atoms with Crippen LogP contribution in [0.25, 0.3) is 0 Å². The first-order valence-corrected chi connectivity index (χ1v) is 9.75. The summed E-state index contributed by atoms with van der Waals surface area (Å²) in [4.78, 5) is 21.1. The van der Waals surface area contributed by atoms with E-state index < -0.39 is 0 Å². The van der Waals surface area contributed by atoms with Gasteiger partial charge < -0.3 is 19.7 Å². The number of benzene rings is 1. The van der Waals surface area contributed by atoms with E-state index in [0.717, 1.165) is 49.8 Å². The Morgan fingerprint density at radius 1 is 1.14 bits per heavy atom. The molecule has 28 heavy (non-hydrogen) atoms. The summed E-state index contributed by atoms with van der Waals surface area (Å²) in [6.07, 6.45) is 3.68. The van der Waals surface area contributed by atoms with E-state index in [-0.39, 0.29) is 12.1 Å². The van der Waals surface area contributed by atoms with E-state index >= 15 is 0 Å². The van der Waals surface area contributed by atoms with E-state index in [1.807, 2.05) is 42.3 Å². The van der Waals surface area contributed by atoms with E-state index in [4.69, 9.17) is 9.47 Å². The van der Waals surface area contributed by atoms with Gasteiger partial charge in [-0.25, -0.2) is 4.79 Å². The van der Waals surface area contributed by atoms with E-state index in [0.29, 0.717) is 13.2 Å². The van der Waals surface area contributed by atoms with Gasteiger partial charge in [-0.05, 0) is 36.2 Å². The van der Waals surface area contributed by atoms with Gasteiger partial charge in [0.2, 0.25) is 0 Å². The third-order valence-corrected chi connectivity index (χ3v) is 5.19. The van der Waals surface area contributed by atoms with E-state index in [1.54, 1.807) is 6.20 Å². The van der Waals surface area contributed by atoms with Crippen molar-refractivity contribution in [2.24, 2.45) is 0 Å². The number of piperazine rings is 1. The maximum Gasteiger partial charge on any atom is 0.317 e. The summed E-state index contributed by atoms with van der Waals surface area (Å²) in [6.45, 7) is 7.16. The molecule has 1 saturated heterocycles. The van der Waals surface area contributed by atoms with Crippen molar-refractivity contribution < 1.29 is 14.3 Å². The maximum atomic E-state index is 12.7. The van der Waals surface area contributed by atoms with Gasteiger partial charge >= 0.3 is 6.03 Å². The maximum absolute atomic E-state index is 12.7. The van der Waals surface area contributed by atoms with Crippen molar-refractivity contribution in [3.8, 4) is 11.5 Å². The van der Waals surface area contributed by atoms with Gasteiger partial charge in [0.15, 0.2) is 11.5 Å². The first kappa shape index (κ1) is 18.6. The quantitative estimate of drug-likeness (QED) is 0.880. The summed E-state index contributed by atoms with van der Waals surface area (Å²) in [5.74, 6) is 1.51. The highest BCUT2D eigenvalue weighted by Crippen LogP contribution is 2.32. The van der Waals surface area contributed by atoms with Crippen LogP contribution in [0.5, 0.6) is 11.5 Å². The number of hydrogen-bond acceptors (Lipinski definition) is 5. The van der Waals surface area contributed by atoms with Crippen molar-refractivity contribution in [1.29, 1.82) is 0 Å². The van der Waals surface area contributed by atoms with Crippen LogP contribution >= 0.6 is 0 Å². The van der Waals surface area contributed by atoms with Gasteiger partial charge in [0.1, 0.15) is 13.2 Å². The molecule has 7 heteroatoms. The molecule has 2 aliphatic rings. The summed E-state index contributed by atoms with van der Waals surface area (Å²) in [7, 11) is 0. The van der Waals surface area contributed by atoms with Gasteiger partial charge in [-0.15, -0.1) is 0 Å². The van der Waals surface area contributed by atoms with Crippen LogP contribution in [-0.2, 0) is 6.54 Å². The largest absolute Gasteiger partial charge is 0.486 e. The van der Waals surface area contributed by atoms with E-state index in [1.165, 1.54) is 5.56 Å². The zero-order valence-electron chi connectivity index (χ0n) is 16.1. The van der Waals surface area contributed by atoms with Gasteiger partial charge in [-0.1, -0.05) is 12.1 Å². The van der Waals surface area contributed by atoms with Crippen molar-refractivity contribution in [1.82, 2.24) is 20.1 Å². The van der Waals surface area contributed by atoms with Gasteiger partial charge in [0.25, 0.3) is 0 Å². The highest BCUT2D eigenvalue weighted by molar-refractivity contribution is 5.75. The molecule has 2 aromatic rings. The Hall–Kier alpha value is -2.80. The number of pyridine rings is 1. The van der Waals surface area contributed by atoms with E-state index in [9.17, 15) is 4.79 Å². The van der Waals surface area contributed by atoms with Crippen LogP contribution in [0, 0.1) is 0 Å². The summed E-state index contributed by atoms with van der Waals surface area (Å²) < 4.78 is 11.2. The lowest BCUT2D eigenvalue weighted by Crippen LogP contribution is -2.51. The minimum atomic E-state index is -0.100. The van der Waals surface area contributed by atoms with Crippen molar-refractivity contribution in [2.75, 3.05) is 39.4 Å². The molecule has 7 nitrogen and oxygen atoms in total. The Morgan fingerprint density at radius 2 is 1.93 bits per heavy atom. The van der Waals surface area contributed by atoms with Gasteiger partial charge in [0, 0.05) is 45.1 Å². The molecule has 0 aliphatic carbocycles. The summed E-state index contributed by atoms with van der Waals surface area (Å²) in [5, 5.41) is 3.10. The molecule has 3 heterocycles. The van der Waals surface area contributed by atoms with Gasteiger partial charge in [0.05, 0.1) is 6.04 Å². The topological polar surface area (TPSA) is 66.9 Å². The summed E-state index contributed by atoms with van der Waals surface area (Å²) in [6, 6.07) is 9.75. The highest BCUT2D eigenvalue weighted by Gasteiger charge is 2.23. The van der Waals surface area contributed by atoms with Crippen molar-refractivity contribution >= 4 is 6.03 Å². The first-order chi connectivity index (χ1) is 13.7. The fourth-order valence-corrected chi connectivity index (χ4v) is 3.55. The molecule has 0 radical (unpaired) electrons. The molecule has 148 valence electrons. The lowest BCUT2D eigenvalue weighted by Gasteiger charge is -2.35. The van der Waals surface area contributed by atoms with Gasteiger partial charge in [-0.2, -0.15) is 0 Å². The third kappa shape index (κ3) is 4.36. The lowest BCUT2D eigenvalue weighted by molar-refractivity contribution is 0.133. The molecule has 2 amide bonds. The van der Waals surface area contributed by atoms with Gasteiger partial charge in [-0.3, -0.25) is 9.88 Å².